The molecule has 1 rings (SSSR count). The molecule has 14 heavy (non-hydrogen) atoms. The molecule has 1 heterocycles. The van der Waals surface area contributed by atoms with Gasteiger partial charge >= 0.3 is 5.97 Å². The fraction of sp³-hybridized carbons (Fsp3) is 0.500. The number of halogens is 1. The van der Waals surface area contributed by atoms with Crippen molar-refractivity contribution in [2.75, 3.05) is 6.61 Å². The van der Waals surface area contributed by atoms with E-state index in [1.807, 2.05) is 0 Å². The van der Waals surface area contributed by atoms with Crippen molar-refractivity contribution in [3.63, 3.8) is 0 Å². The van der Waals surface area contributed by atoms with Crippen molar-refractivity contribution in [2.45, 2.75) is 13.5 Å². The lowest BCUT2D eigenvalue weighted by Crippen LogP contribution is -2.12. The fourth-order valence-electron chi connectivity index (χ4n) is 1.09. The molecule has 1 N–H and O–H groups in total. The van der Waals surface area contributed by atoms with Crippen molar-refractivity contribution >= 4 is 21.9 Å². The van der Waals surface area contributed by atoms with Gasteiger partial charge in [-0.2, -0.15) is 0 Å². The summed E-state index contributed by atoms with van der Waals surface area (Å²) in [5, 5.41) is 8.97. The van der Waals surface area contributed by atoms with Gasteiger partial charge in [-0.25, -0.2) is 9.78 Å². The summed E-state index contributed by atoms with van der Waals surface area (Å²) < 4.78 is 6.85. The molecule has 0 saturated heterocycles. The van der Waals surface area contributed by atoms with Crippen LogP contribution in [0.4, 0.5) is 0 Å². The molecule has 1 aromatic rings. The first kappa shape index (κ1) is 11.2. The maximum Gasteiger partial charge on any atom is 0.357 e. The van der Waals surface area contributed by atoms with Crippen LogP contribution in [0.3, 0.4) is 0 Å². The van der Waals surface area contributed by atoms with Crippen molar-refractivity contribution in [1.82, 2.24) is 9.55 Å². The van der Waals surface area contributed by atoms with E-state index < -0.39 is 5.97 Å². The van der Waals surface area contributed by atoms with Gasteiger partial charge in [-0.1, -0.05) is 0 Å². The number of hydrogen-bond donors (Lipinski definition) is 1. The molecule has 0 saturated carbocycles. The molecule has 6 heteroatoms. The number of rotatable bonds is 3. The molecule has 0 aliphatic heterocycles. The van der Waals surface area contributed by atoms with Gasteiger partial charge < -0.3 is 14.4 Å². The summed E-state index contributed by atoms with van der Waals surface area (Å²) in [6.45, 7) is 1.74. The highest BCUT2D eigenvalue weighted by molar-refractivity contribution is 9.10. The van der Waals surface area contributed by atoms with Gasteiger partial charge in [-0.3, -0.25) is 0 Å². The molecule has 0 atom stereocenters. The van der Waals surface area contributed by atoms with Gasteiger partial charge in [0.2, 0.25) is 0 Å². The molecule has 0 unspecified atom stereocenters. The number of imidazole rings is 1. The maximum absolute atomic E-state index is 11.4. The van der Waals surface area contributed by atoms with Crippen LogP contribution in [0, 0.1) is 0 Å². The smallest absolute Gasteiger partial charge is 0.357 e. The predicted molar refractivity (Wildman–Crippen MR) is 52.8 cm³/mol. The monoisotopic (exact) mass is 262 g/mol. The van der Waals surface area contributed by atoms with Gasteiger partial charge in [0, 0.05) is 7.05 Å². The minimum absolute atomic E-state index is 0.279. The topological polar surface area (TPSA) is 64.3 Å². The molecule has 78 valence electrons. The van der Waals surface area contributed by atoms with Gasteiger partial charge in [0.1, 0.15) is 0 Å². The number of aliphatic hydroxyl groups excluding tert-OH is 1. The van der Waals surface area contributed by atoms with Crippen molar-refractivity contribution < 1.29 is 14.6 Å². The van der Waals surface area contributed by atoms with E-state index in [1.165, 1.54) is 4.57 Å². The van der Waals surface area contributed by atoms with E-state index in [9.17, 15) is 4.79 Å². The Hall–Kier alpha value is -0.880. The van der Waals surface area contributed by atoms with Crippen LogP contribution in [-0.4, -0.2) is 27.2 Å². The van der Waals surface area contributed by atoms with Gasteiger partial charge in [0.05, 0.1) is 18.9 Å². The van der Waals surface area contributed by atoms with Gasteiger partial charge in [0.15, 0.2) is 10.4 Å². The summed E-state index contributed by atoms with van der Waals surface area (Å²) in [6, 6.07) is 0. The van der Waals surface area contributed by atoms with E-state index in [-0.39, 0.29) is 12.3 Å². The van der Waals surface area contributed by atoms with Gasteiger partial charge in [0.25, 0.3) is 0 Å². The van der Waals surface area contributed by atoms with Crippen LogP contribution < -0.4 is 0 Å². The summed E-state index contributed by atoms with van der Waals surface area (Å²) in [5.74, 6) is -0.475. The van der Waals surface area contributed by atoms with E-state index in [0.717, 1.165) is 0 Å². The highest BCUT2D eigenvalue weighted by Gasteiger charge is 2.20. The Morgan fingerprint density at radius 3 is 2.86 bits per heavy atom. The Morgan fingerprint density at radius 2 is 2.36 bits per heavy atom. The first-order valence-electron chi connectivity index (χ1n) is 4.10. The Kier molecular flexibility index (Phi) is 3.65. The number of carbonyl (C=O) groups is 1. The highest BCUT2D eigenvalue weighted by Crippen LogP contribution is 2.16. The summed E-state index contributed by atoms with van der Waals surface area (Å²) in [4.78, 5) is 15.4. The van der Waals surface area contributed by atoms with Crippen LogP contribution >= 0.6 is 15.9 Å². The van der Waals surface area contributed by atoms with Crippen molar-refractivity contribution in [1.29, 1.82) is 0 Å². The molecule has 5 nitrogen and oxygen atoms in total. The Morgan fingerprint density at radius 1 is 1.71 bits per heavy atom. The Labute approximate surface area is 89.8 Å². The fourth-order valence-corrected chi connectivity index (χ4v) is 1.48. The van der Waals surface area contributed by atoms with Crippen LogP contribution in [0.2, 0.25) is 0 Å². The van der Waals surface area contributed by atoms with Crippen molar-refractivity contribution in [3.8, 4) is 0 Å². The summed E-state index contributed by atoms with van der Waals surface area (Å²) in [5.41, 5.74) is 0.596. The highest BCUT2D eigenvalue weighted by atomic mass is 79.9. The largest absolute Gasteiger partial charge is 0.461 e. The van der Waals surface area contributed by atoms with Crippen LogP contribution in [-0.2, 0) is 18.4 Å². The number of aliphatic hydroxyl groups is 1. The molecule has 0 bridgehead atoms. The van der Waals surface area contributed by atoms with Crippen LogP contribution in [0.5, 0.6) is 0 Å². The number of hydrogen-bond acceptors (Lipinski definition) is 4. The number of carbonyl (C=O) groups excluding carboxylic acids is 1. The standard InChI is InChI=1S/C8H11BrN2O3/c1-3-14-7(13)6-5(4-12)10-8(9)11(6)2/h12H,3-4H2,1-2H3. The zero-order valence-electron chi connectivity index (χ0n) is 7.95. The zero-order chi connectivity index (χ0) is 10.7. The van der Waals surface area contributed by atoms with E-state index in [0.29, 0.717) is 17.0 Å². The summed E-state index contributed by atoms with van der Waals surface area (Å²) in [6.07, 6.45) is 0. The molecule has 0 radical (unpaired) electrons. The summed E-state index contributed by atoms with van der Waals surface area (Å²) >= 11 is 3.16. The maximum atomic E-state index is 11.4. The molecule has 0 aromatic carbocycles. The molecular weight excluding hydrogens is 252 g/mol. The number of ether oxygens (including phenoxy) is 1. The third-order valence-corrected chi connectivity index (χ3v) is 2.44. The average Bonchev–Trinajstić information content (AvgIpc) is 2.43. The van der Waals surface area contributed by atoms with E-state index >= 15 is 0 Å². The second-order valence-corrected chi connectivity index (χ2v) is 3.32. The lowest BCUT2D eigenvalue weighted by molar-refractivity contribution is 0.0511. The van der Waals surface area contributed by atoms with Crippen molar-refractivity contribution in [2.24, 2.45) is 7.05 Å². The predicted octanol–water partition coefficient (Wildman–Crippen LogP) is 0.852. The van der Waals surface area contributed by atoms with Crippen LogP contribution in [0.1, 0.15) is 23.1 Å². The van der Waals surface area contributed by atoms with Crippen LogP contribution in [0.25, 0.3) is 0 Å². The zero-order valence-corrected chi connectivity index (χ0v) is 9.54. The minimum atomic E-state index is -0.475. The number of nitrogens with zero attached hydrogens (tertiary/aromatic N) is 2. The molecule has 0 spiro atoms. The molecule has 0 amide bonds. The molecule has 0 aliphatic carbocycles. The molecule has 0 fully saturated rings. The Balaban J connectivity index is 3.10. The van der Waals surface area contributed by atoms with E-state index in [2.05, 4.69) is 20.9 Å². The van der Waals surface area contributed by atoms with E-state index in [1.54, 1.807) is 14.0 Å². The quantitative estimate of drug-likeness (QED) is 0.821. The SMILES string of the molecule is CCOC(=O)c1c(CO)nc(Br)n1C. The number of aromatic nitrogens is 2. The molecular formula is C8H11BrN2O3. The van der Waals surface area contributed by atoms with Gasteiger partial charge in [-0.05, 0) is 22.9 Å². The summed E-state index contributed by atoms with van der Waals surface area (Å²) in [7, 11) is 1.67. The van der Waals surface area contributed by atoms with E-state index in [4.69, 9.17) is 9.84 Å². The second-order valence-electron chi connectivity index (χ2n) is 2.61. The minimum Gasteiger partial charge on any atom is -0.461 e. The third kappa shape index (κ3) is 1.96. The lowest BCUT2D eigenvalue weighted by Gasteiger charge is -2.03. The Bertz CT molecular complexity index is 349. The first-order valence-corrected chi connectivity index (χ1v) is 4.90. The normalized spacial score (nSPS) is 10.3. The van der Waals surface area contributed by atoms with Crippen molar-refractivity contribution in [3.05, 3.63) is 16.1 Å². The number of esters is 1. The van der Waals surface area contributed by atoms with Gasteiger partial charge in [-0.15, -0.1) is 0 Å². The average molecular weight is 263 g/mol. The molecule has 0 aliphatic rings. The first-order chi connectivity index (χ1) is 6.61. The lowest BCUT2D eigenvalue weighted by atomic mass is 10.3. The second kappa shape index (κ2) is 4.56. The third-order valence-electron chi connectivity index (χ3n) is 1.73. The molecule has 1 aromatic heterocycles. The van der Waals surface area contributed by atoms with Crippen LogP contribution in [0.15, 0.2) is 4.73 Å².